The van der Waals surface area contributed by atoms with Crippen molar-refractivity contribution in [2.24, 2.45) is 0 Å². The molecule has 66 valence electrons. The Balaban J connectivity index is 2.12. The highest BCUT2D eigenvalue weighted by Gasteiger charge is 2.22. The second-order valence-corrected chi connectivity index (χ2v) is 2.99. The van der Waals surface area contributed by atoms with E-state index in [4.69, 9.17) is 9.84 Å². The number of nitrogens with zero attached hydrogens (tertiary/aromatic N) is 3. The molecular weight excluding hydrogens is 158 g/mol. The van der Waals surface area contributed by atoms with Crippen LogP contribution in [0.4, 0.5) is 0 Å². The van der Waals surface area contributed by atoms with E-state index in [1.54, 1.807) is 17.8 Å². The molecule has 1 aromatic rings. The van der Waals surface area contributed by atoms with E-state index in [0.29, 0.717) is 24.9 Å². The van der Waals surface area contributed by atoms with Crippen molar-refractivity contribution in [3.63, 3.8) is 0 Å². The zero-order valence-corrected chi connectivity index (χ0v) is 6.84. The number of aliphatic hydroxyl groups excluding tert-OH is 1. The van der Waals surface area contributed by atoms with Crippen molar-refractivity contribution >= 4 is 0 Å². The number of ether oxygens (including phenoxy) is 1. The maximum atomic E-state index is 9.16. The lowest BCUT2D eigenvalue weighted by Crippen LogP contribution is -2.30. The first kappa shape index (κ1) is 7.70. The van der Waals surface area contributed by atoms with E-state index < -0.39 is 6.10 Å². The molecule has 1 saturated heterocycles. The quantitative estimate of drug-likeness (QED) is 0.671. The van der Waals surface area contributed by atoms with Crippen LogP contribution in [0.2, 0.25) is 0 Å². The minimum Gasteiger partial charge on any atom is -0.387 e. The fourth-order valence-electron chi connectivity index (χ4n) is 1.04. The van der Waals surface area contributed by atoms with Crippen LogP contribution in [0.3, 0.4) is 0 Å². The first-order valence-electron chi connectivity index (χ1n) is 3.95. The van der Waals surface area contributed by atoms with E-state index in [1.165, 1.54) is 0 Å². The summed E-state index contributed by atoms with van der Waals surface area (Å²) < 4.78 is 6.75. The van der Waals surface area contributed by atoms with Crippen molar-refractivity contribution in [1.82, 2.24) is 15.0 Å². The lowest BCUT2D eigenvalue weighted by atomic mass is 10.2. The summed E-state index contributed by atoms with van der Waals surface area (Å²) in [6, 6.07) is 0.310. The van der Waals surface area contributed by atoms with Crippen LogP contribution in [0, 0.1) is 0 Å². The Morgan fingerprint density at radius 3 is 2.92 bits per heavy atom. The number of rotatable bonds is 2. The lowest BCUT2D eigenvalue weighted by Gasteiger charge is -2.25. The highest BCUT2D eigenvalue weighted by molar-refractivity contribution is 4.97. The molecule has 0 aromatic carbocycles. The summed E-state index contributed by atoms with van der Waals surface area (Å²) in [5.74, 6) is 0. The summed E-state index contributed by atoms with van der Waals surface area (Å²) in [4.78, 5) is 0. The van der Waals surface area contributed by atoms with E-state index >= 15 is 0 Å². The van der Waals surface area contributed by atoms with E-state index in [9.17, 15) is 0 Å². The monoisotopic (exact) mass is 169 g/mol. The predicted molar refractivity (Wildman–Crippen MR) is 40.5 cm³/mol. The van der Waals surface area contributed by atoms with Gasteiger partial charge in [-0.05, 0) is 6.92 Å². The van der Waals surface area contributed by atoms with Crippen molar-refractivity contribution in [2.45, 2.75) is 19.1 Å². The second-order valence-electron chi connectivity index (χ2n) is 2.99. The van der Waals surface area contributed by atoms with Gasteiger partial charge in [0.25, 0.3) is 0 Å². The SMILES string of the molecule is C[C@H](O)c1cn(C2COC2)nn1. The van der Waals surface area contributed by atoms with Gasteiger partial charge in [0.2, 0.25) is 0 Å². The number of aliphatic hydroxyl groups is 1. The Labute approximate surface area is 70.0 Å². The standard InChI is InChI=1S/C7H11N3O2/c1-5(11)7-2-10(9-8-7)6-3-12-4-6/h2,5-6,11H,3-4H2,1H3/t5-/m0/s1. The summed E-state index contributed by atoms with van der Waals surface area (Å²) in [5, 5.41) is 16.9. The molecule has 1 atom stereocenters. The van der Waals surface area contributed by atoms with Crippen LogP contribution in [-0.2, 0) is 4.74 Å². The van der Waals surface area contributed by atoms with Gasteiger partial charge in [-0.25, -0.2) is 4.68 Å². The van der Waals surface area contributed by atoms with Gasteiger partial charge in [-0.1, -0.05) is 5.21 Å². The van der Waals surface area contributed by atoms with Crippen molar-refractivity contribution in [1.29, 1.82) is 0 Å². The maximum Gasteiger partial charge on any atom is 0.111 e. The van der Waals surface area contributed by atoms with E-state index in [2.05, 4.69) is 10.3 Å². The van der Waals surface area contributed by atoms with E-state index in [-0.39, 0.29) is 0 Å². The van der Waals surface area contributed by atoms with Gasteiger partial charge in [-0.3, -0.25) is 0 Å². The third-order valence-corrected chi connectivity index (χ3v) is 1.95. The smallest absolute Gasteiger partial charge is 0.111 e. The molecule has 0 unspecified atom stereocenters. The van der Waals surface area contributed by atoms with Gasteiger partial charge in [0.15, 0.2) is 0 Å². The first-order valence-corrected chi connectivity index (χ1v) is 3.95. The molecule has 0 aliphatic carbocycles. The third kappa shape index (κ3) is 1.21. The number of hydrogen-bond donors (Lipinski definition) is 1. The van der Waals surface area contributed by atoms with Crippen molar-refractivity contribution in [2.75, 3.05) is 13.2 Å². The molecule has 2 rings (SSSR count). The molecule has 1 N–H and O–H groups in total. The lowest BCUT2D eigenvalue weighted by molar-refractivity contribution is -0.0294. The van der Waals surface area contributed by atoms with Gasteiger partial charge >= 0.3 is 0 Å². The van der Waals surface area contributed by atoms with Crippen LogP contribution < -0.4 is 0 Å². The predicted octanol–water partition coefficient (Wildman–Crippen LogP) is -0.0973. The molecule has 0 amide bonds. The molecule has 0 radical (unpaired) electrons. The number of aromatic nitrogens is 3. The van der Waals surface area contributed by atoms with Crippen LogP contribution in [0.5, 0.6) is 0 Å². The van der Waals surface area contributed by atoms with Gasteiger partial charge in [0, 0.05) is 0 Å². The third-order valence-electron chi connectivity index (χ3n) is 1.95. The first-order chi connectivity index (χ1) is 5.77. The number of hydrogen-bond acceptors (Lipinski definition) is 4. The molecule has 0 saturated carbocycles. The fourth-order valence-corrected chi connectivity index (χ4v) is 1.04. The van der Waals surface area contributed by atoms with Crippen LogP contribution in [0.15, 0.2) is 6.20 Å². The van der Waals surface area contributed by atoms with Crippen molar-refractivity contribution in [3.05, 3.63) is 11.9 Å². The Morgan fingerprint density at radius 2 is 2.50 bits per heavy atom. The minimum absolute atomic E-state index is 0.310. The molecule has 5 heteroatoms. The second kappa shape index (κ2) is 2.84. The van der Waals surface area contributed by atoms with Crippen LogP contribution >= 0.6 is 0 Å². The summed E-state index contributed by atoms with van der Waals surface area (Å²) in [6.45, 7) is 3.07. The summed E-state index contributed by atoms with van der Waals surface area (Å²) in [6.07, 6.45) is 1.22. The molecule has 5 nitrogen and oxygen atoms in total. The molecular formula is C7H11N3O2. The highest BCUT2D eigenvalue weighted by atomic mass is 16.5. The highest BCUT2D eigenvalue weighted by Crippen LogP contribution is 2.17. The zero-order chi connectivity index (χ0) is 8.55. The maximum absolute atomic E-state index is 9.16. The van der Waals surface area contributed by atoms with Crippen LogP contribution in [-0.4, -0.2) is 33.3 Å². The van der Waals surface area contributed by atoms with Crippen LogP contribution in [0.1, 0.15) is 24.8 Å². The van der Waals surface area contributed by atoms with Gasteiger partial charge in [0.1, 0.15) is 11.7 Å². The van der Waals surface area contributed by atoms with Gasteiger partial charge in [0.05, 0.1) is 25.5 Å². The normalized spacial score (nSPS) is 20.5. The summed E-state index contributed by atoms with van der Waals surface area (Å²) >= 11 is 0. The Morgan fingerprint density at radius 1 is 1.75 bits per heavy atom. The molecule has 1 fully saturated rings. The van der Waals surface area contributed by atoms with E-state index in [1.807, 2.05) is 0 Å². The van der Waals surface area contributed by atoms with Gasteiger partial charge < -0.3 is 9.84 Å². The average molecular weight is 169 g/mol. The topological polar surface area (TPSA) is 60.2 Å². The average Bonchev–Trinajstić information content (AvgIpc) is 2.32. The molecule has 0 spiro atoms. The molecule has 1 aliphatic heterocycles. The molecule has 1 aliphatic rings. The van der Waals surface area contributed by atoms with Crippen molar-refractivity contribution in [3.8, 4) is 0 Å². The Hall–Kier alpha value is -0.940. The summed E-state index contributed by atoms with van der Waals surface area (Å²) in [7, 11) is 0. The fraction of sp³-hybridized carbons (Fsp3) is 0.714. The molecule has 0 bridgehead atoms. The molecule has 2 heterocycles. The zero-order valence-electron chi connectivity index (χ0n) is 6.84. The molecule has 1 aromatic heterocycles. The van der Waals surface area contributed by atoms with Gasteiger partial charge in [-0.2, -0.15) is 0 Å². The van der Waals surface area contributed by atoms with Crippen molar-refractivity contribution < 1.29 is 9.84 Å². The Bertz CT molecular complexity index is 267. The minimum atomic E-state index is -0.542. The Kier molecular flexibility index (Phi) is 1.82. The van der Waals surface area contributed by atoms with Gasteiger partial charge in [-0.15, -0.1) is 5.10 Å². The largest absolute Gasteiger partial charge is 0.387 e. The van der Waals surface area contributed by atoms with Crippen LogP contribution in [0.25, 0.3) is 0 Å². The molecule has 12 heavy (non-hydrogen) atoms. The van der Waals surface area contributed by atoms with E-state index in [0.717, 1.165) is 0 Å². The summed E-state index contributed by atoms with van der Waals surface area (Å²) in [5.41, 5.74) is 0.613.